The lowest BCUT2D eigenvalue weighted by atomic mass is 9.92. The van der Waals surface area contributed by atoms with Crippen LogP contribution in [0.25, 0.3) is 32.1 Å². The van der Waals surface area contributed by atoms with Crippen molar-refractivity contribution in [2.24, 2.45) is 0 Å². The monoisotopic (exact) mass is 590 g/mol. The first-order chi connectivity index (χ1) is 19.4. The molecule has 1 amide bonds. The first-order valence-corrected chi connectivity index (χ1v) is 13.2. The van der Waals surface area contributed by atoms with Crippen molar-refractivity contribution in [1.29, 1.82) is 5.26 Å². The first kappa shape index (κ1) is 26.9. The molecule has 0 saturated carbocycles. The summed E-state index contributed by atoms with van der Waals surface area (Å²) in [6.07, 6.45) is -6.60. The van der Waals surface area contributed by atoms with E-state index in [1.165, 1.54) is 15.6 Å². The van der Waals surface area contributed by atoms with Gasteiger partial charge in [0.2, 0.25) is 0 Å². The number of nitrogen functional groups attached to an aromatic ring is 1. The molecule has 0 aliphatic carbocycles. The van der Waals surface area contributed by atoms with Gasteiger partial charge in [0.15, 0.2) is 6.23 Å². The molecule has 6 rings (SSSR count). The molecule has 9 nitrogen and oxygen atoms in total. The average Bonchev–Trinajstić information content (AvgIpc) is 3.43. The van der Waals surface area contributed by atoms with Crippen LogP contribution < -0.4 is 11.1 Å². The van der Waals surface area contributed by atoms with Crippen LogP contribution in [0.4, 0.5) is 27.0 Å². The van der Waals surface area contributed by atoms with Crippen LogP contribution in [0.3, 0.4) is 0 Å². The molecule has 2 aliphatic rings. The number of nitrogens with one attached hydrogen (secondary N) is 1. The Balaban J connectivity index is 1.53. The number of carbonyl (C=O) groups excluding carboxylic acids is 2. The van der Waals surface area contributed by atoms with Crippen LogP contribution in [0, 0.1) is 29.9 Å². The van der Waals surface area contributed by atoms with Gasteiger partial charge in [-0.15, -0.1) is 11.3 Å². The summed E-state index contributed by atoms with van der Waals surface area (Å²) in [5, 5.41) is 17.4. The Labute approximate surface area is 231 Å². The van der Waals surface area contributed by atoms with Gasteiger partial charge in [-0.1, -0.05) is 6.07 Å². The van der Waals surface area contributed by atoms with Crippen LogP contribution in [0.5, 0.6) is 0 Å². The van der Waals surface area contributed by atoms with Crippen LogP contribution in [-0.4, -0.2) is 58.1 Å². The van der Waals surface area contributed by atoms with Gasteiger partial charge >= 0.3 is 12.1 Å². The number of alkyl halides is 3. The summed E-state index contributed by atoms with van der Waals surface area (Å²) in [6, 6.07) is 4.48. The molecular weight excluding hydrogens is 571 g/mol. The molecule has 4 aromatic rings. The van der Waals surface area contributed by atoms with Gasteiger partial charge < -0.3 is 15.4 Å². The van der Waals surface area contributed by atoms with Crippen LogP contribution in [0.1, 0.15) is 28.0 Å². The number of nitriles is 1. The highest BCUT2D eigenvalue weighted by Crippen LogP contribution is 2.45. The van der Waals surface area contributed by atoms with Gasteiger partial charge in [-0.2, -0.15) is 23.5 Å². The molecule has 3 N–H and O–H groups in total. The number of anilines is 1. The molecule has 4 heterocycles. The van der Waals surface area contributed by atoms with Gasteiger partial charge in [0.25, 0.3) is 5.91 Å². The fraction of sp³-hybridized carbons (Fsp3) is 0.308. The molecule has 0 bridgehead atoms. The average molecular weight is 591 g/mol. The van der Waals surface area contributed by atoms with E-state index in [9.17, 15) is 32.4 Å². The van der Waals surface area contributed by atoms with Crippen LogP contribution in [-0.2, 0) is 16.1 Å². The molecule has 0 spiro atoms. The maximum Gasteiger partial charge on any atom is 0.490 e. The largest absolute Gasteiger partial charge is 0.490 e. The zero-order valence-electron chi connectivity index (χ0n) is 21.1. The van der Waals surface area contributed by atoms with Crippen LogP contribution in [0.2, 0.25) is 0 Å². The number of hydrogen-bond donors (Lipinski definition) is 2. The molecule has 1 fully saturated rings. The van der Waals surface area contributed by atoms with Gasteiger partial charge in [-0.3, -0.25) is 14.8 Å². The molecule has 0 radical (unpaired) electrons. The summed E-state index contributed by atoms with van der Waals surface area (Å²) < 4.78 is 75.8. The maximum atomic E-state index is 16.1. The lowest BCUT2D eigenvalue weighted by Crippen LogP contribution is -2.62. The molecule has 2 aliphatic heterocycles. The second kappa shape index (κ2) is 9.38. The third-order valence-electron chi connectivity index (χ3n) is 7.38. The lowest BCUT2D eigenvalue weighted by molar-refractivity contribution is -0.210. The Morgan fingerprint density at radius 3 is 2.68 bits per heavy atom. The van der Waals surface area contributed by atoms with Crippen molar-refractivity contribution in [2.75, 3.05) is 18.8 Å². The zero-order valence-corrected chi connectivity index (χ0v) is 21.9. The topological polar surface area (TPSA) is 126 Å². The Hall–Kier alpha value is -4.29. The Bertz CT molecular complexity index is 1820. The van der Waals surface area contributed by atoms with Crippen molar-refractivity contribution in [3.63, 3.8) is 0 Å². The number of ether oxygens (including phenoxy) is 1. The molecule has 2 aromatic carbocycles. The van der Waals surface area contributed by atoms with Crippen molar-refractivity contribution in [3.05, 3.63) is 46.7 Å². The normalized spacial score (nSPS) is 19.1. The smallest absolute Gasteiger partial charge is 0.438 e. The number of esters is 1. The Morgan fingerprint density at radius 2 is 1.98 bits per heavy atom. The van der Waals surface area contributed by atoms with E-state index in [0.29, 0.717) is 5.69 Å². The number of thiophene rings is 1. The Kier molecular flexibility index (Phi) is 6.16. The molecular formula is C26H19F5N6O3S. The highest BCUT2D eigenvalue weighted by atomic mass is 32.1. The van der Waals surface area contributed by atoms with E-state index in [4.69, 9.17) is 5.73 Å². The number of benzene rings is 2. The predicted octanol–water partition coefficient (Wildman–Crippen LogP) is 4.21. The van der Waals surface area contributed by atoms with Gasteiger partial charge in [-0.25, -0.2) is 13.6 Å². The quantitative estimate of drug-likeness (QED) is 0.265. The fourth-order valence-electron chi connectivity index (χ4n) is 5.70. The van der Waals surface area contributed by atoms with E-state index in [-0.39, 0.29) is 74.3 Å². The number of rotatable bonds is 2. The summed E-state index contributed by atoms with van der Waals surface area (Å²) in [4.78, 5) is 26.7. The van der Waals surface area contributed by atoms with Crippen molar-refractivity contribution < 1.29 is 36.3 Å². The molecule has 2 aromatic heterocycles. The van der Waals surface area contributed by atoms with E-state index in [1.54, 1.807) is 6.92 Å². The summed E-state index contributed by atoms with van der Waals surface area (Å²) in [5.74, 6) is -4.55. The maximum absolute atomic E-state index is 16.1. The number of aryl methyl sites for hydroxylation is 2. The number of nitrogens with two attached hydrogens (primary N) is 1. The highest BCUT2D eigenvalue weighted by molar-refractivity contribution is 7.23. The standard InChI is InChI=1S/C26H19F5N6O3S/c1-10-17-19(11-2-3-14(27)21-18(11)13(9-32)22(33)41-21)15(28)8-12-20(17)37(35-10)6-4-16-23(40-25(39)26(29,30)31)34-5-7-36(16)24(12)38/h2-3,8,16,23,34H,4-7,33H2,1H3/t16-,23?/m1/s1. The summed E-state index contributed by atoms with van der Waals surface area (Å²) in [5.41, 5.74) is 6.71. The molecule has 41 heavy (non-hydrogen) atoms. The van der Waals surface area contributed by atoms with Crippen molar-refractivity contribution in [2.45, 2.75) is 38.3 Å². The third kappa shape index (κ3) is 4.08. The molecule has 15 heteroatoms. The second-order valence-electron chi connectivity index (χ2n) is 9.70. The van der Waals surface area contributed by atoms with Crippen molar-refractivity contribution in [3.8, 4) is 17.2 Å². The molecule has 1 saturated heterocycles. The number of piperazine rings is 1. The van der Waals surface area contributed by atoms with Crippen LogP contribution >= 0.6 is 11.3 Å². The van der Waals surface area contributed by atoms with Gasteiger partial charge in [0, 0.05) is 36.0 Å². The van der Waals surface area contributed by atoms with E-state index in [2.05, 4.69) is 15.2 Å². The van der Waals surface area contributed by atoms with Gasteiger partial charge in [0.1, 0.15) is 22.7 Å². The minimum Gasteiger partial charge on any atom is -0.438 e. The van der Waals surface area contributed by atoms with E-state index < -0.39 is 42.0 Å². The van der Waals surface area contributed by atoms with E-state index >= 15 is 4.39 Å². The number of carbonyl (C=O) groups is 2. The second-order valence-corrected chi connectivity index (χ2v) is 10.7. The van der Waals surface area contributed by atoms with Crippen molar-refractivity contribution in [1.82, 2.24) is 20.0 Å². The number of nitrogens with zero attached hydrogens (tertiary/aromatic N) is 4. The SMILES string of the molecule is Cc1nn2c3c(cc(F)c(-c4ccc(F)c5sc(N)c(C#N)c45)c13)C(=O)N1CCNC(OC(=O)C(F)(F)F)[C@H]1CC2. The first-order valence-electron chi connectivity index (χ1n) is 12.3. The minimum absolute atomic E-state index is 0.00136. The predicted molar refractivity (Wildman–Crippen MR) is 138 cm³/mol. The zero-order chi connectivity index (χ0) is 29.4. The Morgan fingerprint density at radius 1 is 1.22 bits per heavy atom. The number of amides is 1. The van der Waals surface area contributed by atoms with E-state index in [1.807, 2.05) is 6.07 Å². The third-order valence-corrected chi connectivity index (χ3v) is 8.41. The lowest BCUT2D eigenvalue weighted by Gasteiger charge is -2.42. The number of halogens is 5. The summed E-state index contributed by atoms with van der Waals surface area (Å²) >= 11 is 0.867. The minimum atomic E-state index is -5.22. The van der Waals surface area contributed by atoms with E-state index in [0.717, 1.165) is 23.5 Å². The number of fused-ring (bicyclic) bond motifs is 2. The van der Waals surface area contributed by atoms with Gasteiger partial charge in [-0.05, 0) is 31.0 Å². The molecule has 1 unspecified atom stereocenters. The summed E-state index contributed by atoms with van der Waals surface area (Å²) in [6.45, 7) is 1.79. The number of aromatic nitrogens is 2. The van der Waals surface area contributed by atoms with Crippen LogP contribution in [0.15, 0.2) is 18.2 Å². The molecule has 2 atom stereocenters. The summed E-state index contributed by atoms with van der Waals surface area (Å²) in [7, 11) is 0. The highest BCUT2D eigenvalue weighted by Gasteiger charge is 2.46. The molecule has 212 valence electrons. The van der Waals surface area contributed by atoms with Crippen molar-refractivity contribution >= 4 is 49.2 Å². The fourth-order valence-corrected chi connectivity index (χ4v) is 6.65. The van der Waals surface area contributed by atoms with Gasteiger partial charge in [0.05, 0.1) is 33.1 Å². The number of hydrogen-bond acceptors (Lipinski definition) is 8.